The third-order valence-corrected chi connectivity index (χ3v) is 5.71. The van der Waals surface area contributed by atoms with Crippen LogP contribution in [0, 0.1) is 17.3 Å². The van der Waals surface area contributed by atoms with E-state index in [-0.39, 0.29) is 23.3 Å². The summed E-state index contributed by atoms with van der Waals surface area (Å²) in [5, 5.41) is 21.3. The van der Waals surface area contributed by atoms with Crippen molar-refractivity contribution < 1.29 is 15.0 Å². The van der Waals surface area contributed by atoms with Gasteiger partial charge in [-0.05, 0) is 30.2 Å². The van der Waals surface area contributed by atoms with Gasteiger partial charge in [0.25, 0.3) is 0 Å². The molecule has 1 amide bonds. The van der Waals surface area contributed by atoms with E-state index < -0.39 is 11.7 Å². The first kappa shape index (κ1) is 16.5. The summed E-state index contributed by atoms with van der Waals surface area (Å²) in [5.41, 5.74) is -0.466. The summed E-state index contributed by atoms with van der Waals surface area (Å²) in [6.45, 7) is 6.56. The van der Waals surface area contributed by atoms with Crippen LogP contribution in [-0.2, 0) is 5.60 Å². The minimum absolute atomic E-state index is 0.0840. The van der Waals surface area contributed by atoms with Crippen LogP contribution in [0.5, 0.6) is 0 Å². The molecule has 0 spiro atoms. The molecule has 1 saturated heterocycles. The highest BCUT2D eigenvalue weighted by Crippen LogP contribution is 2.55. The molecule has 4 unspecified atom stereocenters. The molecule has 2 fully saturated rings. The maximum atomic E-state index is 11.7. The first-order valence-electron chi connectivity index (χ1n) is 7.98. The monoisotopic (exact) mass is 338 g/mol. The lowest BCUT2D eigenvalue weighted by Crippen LogP contribution is -2.45. The number of rotatable bonds is 1. The second kappa shape index (κ2) is 5.35. The fourth-order valence-electron chi connectivity index (χ4n) is 4.65. The Morgan fingerprint density at radius 2 is 2.13 bits per heavy atom. The summed E-state index contributed by atoms with van der Waals surface area (Å²) >= 11 is 5.84. The Morgan fingerprint density at radius 1 is 1.43 bits per heavy atom. The second-order valence-electron chi connectivity index (χ2n) is 7.85. The topological polar surface area (TPSA) is 73.7 Å². The van der Waals surface area contributed by atoms with Gasteiger partial charge in [0.2, 0.25) is 0 Å². The number of fused-ring (bicyclic) bond motifs is 1. The molecule has 126 valence electrons. The third kappa shape index (κ3) is 2.60. The first-order valence-corrected chi connectivity index (χ1v) is 8.36. The number of aliphatic hydroxyl groups is 1. The van der Waals surface area contributed by atoms with Crippen molar-refractivity contribution in [2.75, 3.05) is 6.54 Å². The molecule has 2 aliphatic rings. The number of pyridine rings is 1. The highest BCUT2D eigenvalue weighted by Gasteiger charge is 2.59. The van der Waals surface area contributed by atoms with Crippen LogP contribution in [0.3, 0.4) is 0 Å². The Morgan fingerprint density at radius 3 is 2.65 bits per heavy atom. The van der Waals surface area contributed by atoms with E-state index >= 15 is 0 Å². The van der Waals surface area contributed by atoms with Gasteiger partial charge in [0.1, 0.15) is 5.15 Å². The minimum atomic E-state index is -1.03. The van der Waals surface area contributed by atoms with E-state index in [2.05, 4.69) is 25.8 Å². The van der Waals surface area contributed by atoms with E-state index in [0.717, 1.165) is 12.0 Å². The Labute approximate surface area is 141 Å². The molecule has 1 aromatic rings. The van der Waals surface area contributed by atoms with E-state index in [9.17, 15) is 15.0 Å². The lowest BCUT2D eigenvalue weighted by Gasteiger charge is -2.36. The van der Waals surface area contributed by atoms with Crippen LogP contribution in [-0.4, -0.2) is 38.8 Å². The molecule has 4 atom stereocenters. The van der Waals surface area contributed by atoms with Crippen LogP contribution >= 0.6 is 11.6 Å². The van der Waals surface area contributed by atoms with Crippen LogP contribution in [0.1, 0.15) is 39.2 Å². The van der Waals surface area contributed by atoms with Gasteiger partial charge in [0.05, 0.1) is 5.60 Å². The molecule has 1 aliphatic heterocycles. The second-order valence-corrected chi connectivity index (χ2v) is 8.24. The Hall–Kier alpha value is -1.33. The molecular formula is C17H23ClN2O3. The van der Waals surface area contributed by atoms with Gasteiger partial charge in [0.15, 0.2) is 0 Å². The summed E-state index contributed by atoms with van der Waals surface area (Å²) in [4.78, 5) is 17.3. The molecule has 5 nitrogen and oxygen atoms in total. The van der Waals surface area contributed by atoms with Crippen molar-refractivity contribution in [3.8, 4) is 0 Å². The van der Waals surface area contributed by atoms with Crippen molar-refractivity contribution in [3.63, 3.8) is 0 Å². The summed E-state index contributed by atoms with van der Waals surface area (Å²) in [6.07, 6.45) is 2.15. The van der Waals surface area contributed by atoms with E-state index in [1.54, 1.807) is 18.3 Å². The Balaban J connectivity index is 1.98. The summed E-state index contributed by atoms with van der Waals surface area (Å²) in [7, 11) is 0. The molecule has 1 saturated carbocycles. The summed E-state index contributed by atoms with van der Waals surface area (Å²) in [5.74, 6) is 0.0533. The van der Waals surface area contributed by atoms with Crippen LogP contribution < -0.4 is 0 Å². The van der Waals surface area contributed by atoms with E-state index in [4.69, 9.17) is 11.6 Å². The maximum Gasteiger partial charge on any atom is 0.407 e. The summed E-state index contributed by atoms with van der Waals surface area (Å²) in [6, 6.07) is 3.39. The van der Waals surface area contributed by atoms with Gasteiger partial charge < -0.3 is 15.1 Å². The molecule has 2 heterocycles. The number of amides is 1. The highest BCUT2D eigenvalue weighted by molar-refractivity contribution is 6.29. The lowest BCUT2D eigenvalue weighted by molar-refractivity contribution is -0.00617. The van der Waals surface area contributed by atoms with Crippen molar-refractivity contribution in [2.45, 2.75) is 45.3 Å². The van der Waals surface area contributed by atoms with Gasteiger partial charge in [-0.25, -0.2) is 9.78 Å². The summed E-state index contributed by atoms with van der Waals surface area (Å²) < 4.78 is 0. The standard InChI is InChI=1S/C17H23ClN2O3/c1-16(2,3)14-11-6-7-17(23,10-4-5-13(18)19-8-10)12(11)9-20(14)15(21)22/h4-5,8,11-12,14,23H,6-7,9H2,1-3H3,(H,21,22). The Kier molecular flexibility index (Phi) is 3.84. The minimum Gasteiger partial charge on any atom is -0.465 e. The van der Waals surface area contributed by atoms with Crippen molar-refractivity contribution in [2.24, 2.45) is 17.3 Å². The molecule has 6 heteroatoms. The van der Waals surface area contributed by atoms with Crippen LogP contribution in [0.25, 0.3) is 0 Å². The number of likely N-dealkylation sites (tertiary alicyclic amines) is 1. The average Bonchev–Trinajstić information content (AvgIpc) is 2.98. The number of carbonyl (C=O) groups is 1. The van der Waals surface area contributed by atoms with Crippen molar-refractivity contribution in [1.82, 2.24) is 9.88 Å². The molecule has 2 N–H and O–H groups in total. The smallest absolute Gasteiger partial charge is 0.407 e. The predicted octanol–water partition coefficient (Wildman–Crippen LogP) is 3.36. The van der Waals surface area contributed by atoms with Crippen molar-refractivity contribution in [3.05, 3.63) is 29.0 Å². The van der Waals surface area contributed by atoms with E-state index in [1.165, 1.54) is 4.90 Å². The number of aromatic nitrogens is 1. The zero-order valence-electron chi connectivity index (χ0n) is 13.7. The number of hydrogen-bond donors (Lipinski definition) is 2. The van der Waals surface area contributed by atoms with Gasteiger partial charge in [-0.2, -0.15) is 0 Å². The van der Waals surface area contributed by atoms with Crippen LogP contribution in [0.4, 0.5) is 4.79 Å². The normalized spacial score (nSPS) is 33.8. The molecule has 23 heavy (non-hydrogen) atoms. The fourth-order valence-corrected chi connectivity index (χ4v) is 4.76. The SMILES string of the molecule is CC(C)(C)C1C2CCC(O)(c3ccc(Cl)nc3)C2CN1C(=O)O. The van der Waals surface area contributed by atoms with Crippen LogP contribution in [0.2, 0.25) is 5.15 Å². The quantitative estimate of drug-likeness (QED) is 0.770. The molecule has 0 radical (unpaired) electrons. The van der Waals surface area contributed by atoms with Crippen LogP contribution in [0.15, 0.2) is 18.3 Å². The van der Waals surface area contributed by atoms with Gasteiger partial charge >= 0.3 is 6.09 Å². The zero-order valence-corrected chi connectivity index (χ0v) is 14.4. The number of halogens is 1. The molecule has 0 bridgehead atoms. The van der Waals surface area contributed by atoms with Gasteiger partial charge in [-0.1, -0.05) is 38.4 Å². The predicted molar refractivity (Wildman–Crippen MR) is 87.3 cm³/mol. The number of carboxylic acid groups (broad SMARTS) is 1. The maximum absolute atomic E-state index is 11.7. The molecule has 1 aliphatic carbocycles. The molecule has 1 aromatic heterocycles. The third-order valence-electron chi connectivity index (χ3n) is 5.48. The lowest BCUT2D eigenvalue weighted by atomic mass is 9.75. The number of hydrogen-bond acceptors (Lipinski definition) is 3. The molecule has 0 aromatic carbocycles. The van der Waals surface area contributed by atoms with Crippen molar-refractivity contribution in [1.29, 1.82) is 0 Å². The van der Waals surface area contributed by atoms with E-state index in [1.807, 2.05) is 0 Å². The van der Waals surface area contributed by atoms with Gasteiger partial charge in [-0.3, -0.25) is 0 Å². The van der Waals surface area contributed by atoms with Gasteiger partial charge in [0, 0.05) is 30.3 Å². The van der Waals surface area contributed by atoms with Crippen molar-refractivity contribution >= 4 is 17.7 Å². The first-order chi connectivity index (χ1) is 10.6. The number of nitrogens with zero attached hydrogens (tertiary/aromatic N) is 2. The zero-order chi connectivity index (χ0) is 17.0. The molecule has 3 rings (SSSR count). The largest absolute Gasteiger partial charge is 0.465 e. The average molecular weight is 339 g/mol. The molecular weight excluding hydrogens is 316 g/mol. The fraction of sp³-hybridized carbons (Fsp3) is 0.647. The Bertz CT molecular complexity index is 613. The van der Waals surface area contributed by atoms with E-state index in [0.29, 0.717) is 18.1 Å². The van der Waals surface area contributed by atoms with Gasteiger partial charge in [-0.15, -0.1) is 0 Å². The highest BCUT2D eigenvalue weighted by atomic mass is 35.5.